The van der Waals surface area contributed by atoms with Gasteiger partial charge in [0.25, 0.3) is 0 Å². The van der Waals surface area contributed by atoms with E-state index in [2.05, 4.69) is 10.3 Å². The van der Waals surface area contributed by atoms with Gasteiger partial charge in [-0.15, -0.1) is 0 Å². The van der Waals surface area contributed by atoms with Crippen LogP contribution in [-0.2, 0) is 4.79 Å². The molecule has 0 aromatic carbocycles. The van der Waals surface area contributed by atoms with Crippen LogP contribution in [0.25, 0.3) is 0 Å². The molecule has 0 radical (unpaired) electrons. The molecule has 4 heteroatoms. The van der Waals surface area contributed by atoms with Crippen LogP contribution in [0.2, 0.25) is 5.02 Å². The first kappa shape index (κ1) is 11.0. The molecule has 1 N–H and O–H groups in total. The van der Waals surface area contributed by atoms with Gasteiger partial charge in [-0.3, -0.25) is 4.79 Å². The lowest BCUT2D eigenvalue weighted by Crippen LogP contribution is -2.28. The average molecular weight is 213 g/mol. The third-order valence-electron chi connectivity index (χ3n) is 1.67. The van der Waals surface area contributed by atoms with E-state index in [-0.39, 0.29) is 5.91 Å². The van der Waals surface area contributed by atoms with E-state index in [4.69, 9.17) is 11.6 Å². The maximum absolute atomic E-state index is 11.6. The van der Waals surface area contributed by atoms with E-state index in [0.29, 0.717) is 10.8 Å². The Balaban J connectivity index is 2.80. The molecule has 0 atom stereocenters. The summed E-state index contributed by atoms with van der Waals surface area (Å²) in [5.74, 6) is 0.312. The van der Waals surface area contributed by atoms with Crippen molar-refractivity contribution in [2.45, 2.75) is 20.8 Å². The van der Waals surface area contributed by atoms with Gasteiger partial charge in [0.15, 0.2) is 5.82 Å². The number of hydrogen-bond donors (Lipinski definition) is 1. The third kappa shape index (κ3) is 2.70. The maximum Gasteiger partial charge on any atom is 0.230 e. The Bertz CT molecular complexity index is 344. The minimum Gasteiger partial charge on any atom is -0.309 e. The molecular formula is C10H13ClN2O. The van der Waals surface area contributed by atoms with E-state index in [1.165, 1.54) is 0 Å². The molecule has 0 unspecified atom stereocenters. The van der Waals surface area contributed by atoms with Crippen molar-refractivity contribution in [1.29, 1.82) is 0 Å². The monoisotopic (exact) mass is 212 g/mol. The lowest BCUT2D eigenvalue weighted by Gasteiger charge is -2.17. The number of rotatable bonds is 1. The predicted molar refractivity (Wildman–Crippen MR) is 57.3 cm³/mol. The second-order valence-corrected chi connectivity index (χ2v) is 4.45. The highest BCUT2D eigenvalue weighted by Crippen LogP contribution is 2.21. The number of amides is 1. The topological polar surface area (TPSA) is 42.0 Å². The largest absolute Gasteiger partial charge is 0.309 e. The van der Waals surface area contributed by atoms with Gasteiger partial charge in [0.1, 0.15) is 0 Å². The fraction of sp³-hybridized carbons (Fsp3) is 0.400. The van der Waals surface area contributed by atoms with Crippen molar-refractivity contribution in [3.63, 3.8) is 0 Å². The van der Waals surface area contributed by atoms with Gasteiger partial charge in [-0.2, -0.15) is 0 Å². The number of carbonyl (C=O) groups is 1. The molecule has 0 aliphatic carbocycles. The van der Waals surface area contributed by atoms with Crippen LogP contribution in [0.1, 0.15) is 20.8 Å². The summed E-state index contributed by atoms with van der Waals surface area (Å²) in [5.41, 5.74) is -0.444. The zero-order valence-corrected chi connectivity index (χ0v) is 9.22. The Hall–Kier alpha value is -1.09. The first-order valence-corrected chi connectivity index (χ1v) is 4.71. The summed E-state index contributed by atoms with van der Waals surface area (Å²) in [4.78, 5) is 15.5. The lowest BCUT2D eigenvalue weighted by atomic mass is 9.96. The number of carbonyl (C=O) groups excluding carboxylic acids is 1. The van der Waals surface area contributed by atoms with Crippen molar-refractivity contribution in [3.05, 3.63) is 23.4 Å². The summed E-state index contributed by atoms with van der Waals surface area (Å²) < 4.78 is 0. The summed E-state index contributed by atoms with van der Waals surface area (Å²) in [6.07, 6.45) is 1.59. The summed E-state index contributed by atoms with van der Waals surface area (Å²) in [7, 11) is 0. The van der Waals surface area contributed by atoms with Gasteiger partial charge in [-0.25, -0.2) is 4.98 Å². The van der Waals surface area contributed by atoms with Crippen molar-refractivity contribution in [2.75, 3.05) is 5.32 Å². The predicted octanol–water partition coefficient (Wildman–Crippen LogP) is 2.72. The molecule has 1 rings (SSSR count). The summed E-state index contributed by atoms with van der Waals surface area (Å²) in [6, 6.07) is 3.40. The average Bonchev–Trinajstić information content (AvgIpc) is 2.07. The fourth-order valence-corrected chi connectivity index (χ4v) is 0.941. The van der Waals surface area contributed by atoms with Crippen molar-refractivity contribution in [1.82, 2.24) is 4.98 Å². The van der Waals surface area contributed by atoms with E-state index in [1.807, 2.05) is 20.8 Å². The van der Waals surface area contributed by atoms with E-state index >= 15 is 0 Å². The lowest BCUT2D eigenvalue weighted by molar-refractivity contribution is -0.123. The second-order valence-electron chi connectivity index (χ2n) is 4.04. The Morgan fingerprint density at radius 3 is 2.64 bits per heavy atom. The van der Waals surface area contributed by atoms with Gasteiger partial charge in [0.05, 0.1) is 5.02 Å². The molecule has 0 spiro atoms. The molecule has 0 saturated heterocycles. The zero-order chi connectivity index (χ0) is 10.8. The van der Waals surface area contributed by atoms with Crippen LogP contribution in [0, 0.1) is 5.41 Å². The van der Waals surface area contributed by atoms with Crippen LogP contribution in [0.5, 0.6) is 0 Å². The number of aromatic nitrogens is 1. The summed E-state index contributed by atoms with van der Waals surface area (Å²) in [5, 5.41) is 3.12. The van der Waals surface area contributed by atoms with Crippen molar-refractivity contribution in [2.24, 2.45) is 5.41 Å². The number of nitrogens with zero attached hydrogens (tertiary/aromatic N) is 1. The number of pyridine rings is 1. The normalized spacial score (nSPS) is 11.1. The van der Waals surface area contributed by atoms with Crippen LogP contribution in [0.4, 0.5) is 5.82 Å². The van der Waals surface area contributed by atoms with Crippen LogP contribution >= 0.6 is 11.6 Å². The molecule has 0 aliphatic heterocycles. The highest BCUT2D eigenvalue weighted by Gasteiger charge is 2.22. The Labute approximate surface area is 88.5 Å². The van der Waals surface area contributed by atoms with E-state index in [0.717, 1.165) is 0 Å². The van der Waals surface area contributed by atoms with Gasteiger partial charge in [0.2, 0.25) is 5.91 Å². The Morgan fingerprint density at radius 1 is 1.50 bits per heavy atom. The zero-order valence-electron chi connectivity index (χ0n) is 8.47. The molecule has 1 aromatic heterocycles. The number of anilines is 1. The molecule has 3 nitrogen and oxygen atoms in total. The number of hydrogen-bond acceptors (Lipinski definition) is 2. The highest BCUT2D eigenvalue weighted by atomic mass is 35.5. The van der Waals surface area contributed by atoms with E-state index < -0.39 is 5.41 Å². The minimum atomic E-state index is -0.444. The standard InChI is InChI=1S/C10H13ClN2O/c1-10(2,3)9(14)13-8-7(11)5-4-6-12-8/h4-6H,1-3H3,(H,12,13,14). The quantitative estimate of drug-likeness (QED) is 0.778. The summed E-state index contributed by atoms with van der Waals surface area (Å²) in [6.45, 7) is 5.50. The Morgan fingerprint density at radius 2 is 2.14 bits per heavy atom. The van der Waals surface area contributed by atoms with Gasteiger partial charge in [0, 0.05) is 11.6 Å². The van der Waals surface area contributed by atoms with Crippen LogP contribution in [0.15, 0.2) is 18.3 Å². The molecule has 0 fully saturated rings. The second kappa shape index (κ2) is 3.96. The summed E-state index contributed by atoms with van der Waals surface area (Å²) >= 11 is 5.84. The van der Waals surface area contributed by atoms with E-state index in [1.54, 1.807) is 18.3 Å². The highest BCUT2D eigenvalue weighted by molar-refractivity contribution is 6.33. The molecule has 0 saturated carbocycles. The first-order chi connectivity index (χ1) is 6.41. The molecule has 1 aromatic rings. The van der Waals surface area contributed by atoms with Crippen LogP contribution in [-0.4, -0.2) is 10.9 Å². The SMILES string of the molecule is CC(C)(C)C(=O)Nc1ncccc1Cl. The number of nitrogens with one attached hydrogen (secondary N) is 1. The van der Waals surface area contributed by atoms with Gasteiger partial charge in [-0.1, -0.05) is 32.4 Å². The molecule has 14 heavy (non-hydrogen) atoms. The molecular weight excluding hydrogens is 200 g/mol. The number of halogens is 1. The first-order valence-electron chi connectivity index (χ1n) is 4.33. The van der Waals surface area contributed by atoms with Gasteiger partial charge >= 0.3 is 0 Å². The molecule has 1 amide bonds. The Kier molecular flexibility index (Phi) is 3.11. The van der Waals surface area contributed by atoms with Crippen molar-refractivity contribution in [3.8, 4) is 0 Å². The van der Waals surface area contributed by atoms with Crippen molar-refractivity contribution >= 4 is 23.3 Å². The van der Waals surface area contributed by atoms with Crippen molar-refractivity contribution < 1.29 is 4.79 Å². The maximum atomic E-state index is 11.6. The van der Waals surface area contributed by atoms with E-state index in [9.17, 15) is 4.79 Å². The molecule has 0 bridgehead atoms. The van der Waals surface area contributed by atoms with Crippen LogP contribution < -0.4 is 5.32 Å². The minimum absolute atomic E-state index is 0.0990. The molecule has 1 heterocycles. The van der Waals surface area contributed by atoms with Crippen LogP contribution in [0.3, 0.4) is 0 Å². The molecule has 0 aliphatic rings. The fourth-order valence-electron chi connectivity index (χ4n) is 0.773. The van der Waals surface area contributed by atoms with Gasteiger partial charge < -0.3 is 5.32 Å². The molecule has 76 valence electrons. The van der Waals surface area contributed by atoms with Gasteiger partial charge in [-0.05, 0) is 12.1 Å². The third-order valence-corrected chi connectivity index (χ3v) is 1.98. The smallest absolute Gasteiger partial charge is 0.230 e.